The highest BCUT2D eigenvalue weighted by Gasteiger charge is 2.27. The monoisotopic (exact) mass is 217 g/mol. The predicted octanol–water partition coefficient (Wildman–Crippen LogP) is 2.60. The summed E-state index contributed by atoms with van der Waals surface area (Å²) in [7, 11) is 0. The minimum absolute atomic E-state index is 0.117. The molecule has 4 heteroatoms. The van der Waals surface area contributed by atoms with Crippen LogP contribution in [0.5, 0.6) is 0 Å². The summed E-state index contributed by atoms with van der Waals surface area (Å²) in [4.78, 5) is 13.1. The zero-order valence-electron chi connectivity index (χ0n) is 9.39. The van der Waals surface area contributed by atoms with E-state index in [2.05, 4.69) is 0 Å². The first-order chi connectivity index (χ1) is 6.82. The SMILES string of the molecule is CC(C)(C)N1C=C(C(=O)C(F)F)CCC1. The third kappa shape index (κ3) is 3.01. The van der Waals surface area contributed by atoms with E-state index in [0.29, 0.717) is 6.42 Å². The molecule has 0 saturated carbocycles. The fraction of sp³-hybridized carbons (Fsp3) is 0.727. The molecule has 0 unspecified atom stereocenters. The number of halogens is 2. The van der Waals surface area contributed by atoms with E-state index in [1.54, 1.807) is 6.20 Å². The average molecular weight is 217 g/mol. The van der Waals surface area contributed by atoms with Crippen LogP contribution in [0, 0.1) is 0 Å². The highest BCUT2D eigenvalue weighted by molar-refractivity contribution is 5.97. The first-order valence-corrected chi connectivity index (χ1v) is 5.12. The van der Waals surface area contributed by atoms with E-state index in [9.17, 15) is 13.6 Å². The highest BCUT2D eigenvalue weighted by Crippen LogP contribution is 2.24. The van der Waals surface area contributed by atoms with Gasteiger partial charge in [0.05, 0.1) is 0 Å². The van der Waals surface area contributed by atoms with Gasteiger partial charge in [-0.25, -0.2) is 8.78 Å². The lowest BCUT2D eigenvalue weighted by Crippen LogP contribution is -2.40. The predicted molar refractivity (Wildman–Crippen MR) is 54.8 cm³/mol. The van der Waals surface area contributed by atoms with Crippen molar-refractivity contribution in [2.75, 3.05) is 6.54 Å². The number of carbonyl (C=O) groups excluding carboxylic acids is 1. The smallest absolute Gasteiger partial charge is 0.300 e. The van der Waals surface area contributed by atoms with Crippen LogP contribution in [0.25, 0.3) is 0 Å². The third-order valence-corrected chi connectivity index (χ3v) is 2.53. The molecule has 0 atom stereocenters. The Morgan fingerprint density at radius 1 is 1.47 bits per heavy atom. The second-order valence-corrected chi connectivity index (χ2v) is 4.79. The number of nitrogens with zero attached hydrogens (tertiary/aromatic N) is 1. The molecule has 0 aromatic heterocycles. The van der Waals surface area contributed by atoms with Gasteiger partial charge < -0.3 is 4.90 Å². The van der Waals surface area contributed by atoms with Crippen molar-refractivity contribution in [1.82, 2.24) is 4.90 Å². The molecule has 0 fully saturated rings. The van der Waals surface area contributed by atoms with Gasteiger partial charge in [-0.1, -0.05) is 0 Å². The summed E-state index contributed by atoms with van der Waals surface area (Å²) in [6.45, 7) is 6.82. The Kier molecular flexibility index (Phi) is 3.47. The molecule has 1 aliphatic heterocycles. The van der Waals surface area contributed by atoms with Gasteiger partial charge in [0.2, 0.25) is 5.78 Å². The lowest BCUT2D eigenvalue weighted by Gasteiger charge is -2.37. The number of ketones is 1. The molecule has 0 spiro atoms. The van der Waals surface area contributed by atoms with E-state index in [-0.39, 0.29) is 11.1 Å². The van der Waals surface area contributed by atoms with Crippen molar-refractivity contribution >= 4 is 5.78 Å². The van der Waals surface area contributed by atoms with E-state index in [4.69, 9.17) is 0 Å². The van der Waals surface area contributed by atoms with Crippen molar-refractivity contribution in [2.24, 2.45) is 0 Å². The molecular weight excluding hydrogens is 200 g/mol. The Labute approximate surface area is 88.9 Å². The fourth-order valence-electron chi connectivity index (χ4n) is 1.61. The number of hydrogen-bond donors (Lipinski definition) is 0. The van der Waals surface area contributed by atoms with E-state index in [0.717, 1.165) is 13.0 Å². The van der Waals surface area contributed by atoms with E-state index < -0.39 is 12.2 Å². The first-order valence-electron chi connectivity index (χ1n) is 5.12. The maximum absolute atomic E-state index is 12.2. The number of rotatable bonds is 2. The largest absolute Gasteiger partial charge is 0.372 e. The molecular formula is C11H17F2NO. The van der Waals surface area contributed by atoms with Crippen LogP contribution in [0.15, 0.2) is 11.8 Å². The minimum Gasteiger partial charge on any atom is -0.372 e. The lowest BCUT2D eigenvalue weighted by molar-refractivity contribution is -0.126. The summed E-state index contributed by atoms with van der Waals surface area (Å²) >= 11 is 0. The summed E-state index contributed by atoms with van der Waals surface area (Å²) in [5.41, 5.74) is 0.139. The van der Waals surface area contributed by atoms with Crippen LogP contribution in [-0.4, -0.2) is 29.2 Å². The van der Waals surface area contributed by atoms with Crippen LogP contribution >= 0.6 is 0 Å². The van der Waals surface area contributed by atoms with Crippen molar-refractivity contribution in [3.63, 3.8) is 0 Å². The van der Waals surface area contributed by atoms with Gasteiger partial charge in [0.15, 0.2) is 0 Å². The molecule has 0 aromatic carbocycles. The Morgan fingerprint density at radius 2 is 2.07 bits per heavy atom. The molecule has 0 saturated heterocycles. The normalized spacial score (nSPS) is 18.0. The average Bonchev–Trinajstić information content (AvgIpc) is 2.15. The molecule has 15 heavy (non-hydrogen) atoms. The number of carbonyl (C=O) groups is 1. The van der Waals surface area contributed by atoms with Crippen LogP contribution in [0.4, 0.5) is 8.78 Å². The Morgan fingerprint density at radius 3 is 2.53 bits per heavy atom. The number of alkyl halides is 2. The van der Waals surface area contributed by atoms with Crippen molar-refractivity contribution in [3.8, 4) is 0 Å². The molecule has 1 heterocycles. The molecule has 0 N–H and O–H groups in total. The van der Waals surface area contributed by atoms with Gasteiger partial charge in [-0.3, -0.25) is 4.79 Å². The number of hydrogen-bond acceptors (Lipinski definition) is 2. The molecule has 0 bridgehead atoms. The summed E-state index contributed by atoms with van der Waals surface area (Å²) in [5, 5.41) is 0. The second kappa shape index (κ2) is 4.29. The molecule has 0 amide bonds. The van der Waals surface area contributed by atoms with Gasteiger partial charge in [-0.2, -0.15) is 0 Å². The Balaban J connectivity index is 2.83. The zero-order chi connectivity index (χ0) is 11.6. The molecule has 2 nitrogen and oxygen atoms in total. The summed E-state index contributed by atoms with van der Waals surface area (Å²) in [6, 6.07) is 0. The van der Waals surface area contributed by atoms with E-state index in [1.165, 1.54) is 0 Å². The standard InChI is InChI=1S/C11H17F2NO/c1-11(2,3)14-6-4-5-8(7-14)9(15)10(12)13/h7,10H,4-6H2,1-3H3. The van der Waals surface area contributed by atoms with Gasteiger partial charge in [-0.05, 0) is 33.6 Å². The van der Waals surface area contributed by atoms with Crippen molar-refractivity contribution < 1.29 is 13.6 Å². The highest BCUT2D eigenvalue weighted by atomic mass is 19.3. The molecule has 0 aliphatic carbocycles. The summed E-state index contributed by atoms with van der Waals surface area (Å²) in [6.07, 6.45) is -0.0499. The van der Waals surface area contributed by atoms with Crippen LogP contribution in [-0.2, 0) is 4.79 Å². The van der Waals surface area contributed by atoms with Gasteiger partial charge >= 0.3 is 0 Å². The summed E-state index contributed by atoms with van der Waals surface area (Å²) < 4.78 is 24.5. The molecule has 1 rings (SSSR count). The van der Waals surface area contributed by atoms with Gasteiger partial charge in [0.1, 0.15) is 0 Å². The molecule has 0 radical (unpaired) electrons. The zero-order valence-corrected chi connectivity index (χ0v) is 9.39. The van der Waals surface area contributed by atoms with Crippen molar-refractivity contribution in [1.29, 1.82) is 0 Å². The van der Waals surface area contributed by atoms with Gasteiger partial charge in [0, 0.05) is 23.9 Å². The van der Waals surface area contributed by atoms with Crippen molar-refractivity contribution in [3.05, 3.63) is 11.8 Å². The molecule has 0 aromatic rings. The minimum atomic E-state index is -2.88. The Hall–Kier alpha value is -0.930. The number of Topliss-reactive ketones (excluding diaryl/α,β-unsaturated/α-hetero) is 1. The Bertz CT molecular complexity index is 279. The number of allylic oxidation sites excluding steroid dienone is 1. The summed E-state index contributed by atoms with van der Waals surface area (Å²) in [5.74, 6) is -1.02. The topological polar surface area (TPSA) is 20.3 Å². The van der Waals surface area contributed by atoms with Gasteiger partial charge in [-0.15, -0.1) is 0 Å². The van der Waals surface area contributed by atoms with E-state index >= 15 is 0 Å². The van der Waals surface area contributed by atoms with Crippen LogP contribution < -0.4 is 0 Å². The maximum atomic E-state index is 12.2. The molecule has 1 aliphatic rings. The maximum Gasteiger partial charge on any atom is 0.300 e. The quantitative estimate of drug-likeness (QED) is 0.708. The van der Waals surface area contributed by atoms with Gasteiger partial charge in [0.25, 0.3) is 6.43 Å². The fourth-order valence-corrected chi connectivity index (χ4v) is 1.61. The van der Waals surface area contributed by atoms with Crippen LogP contribution in [0.2, 0.25) is 0 Å². The molecule has 86 valence electrons. The van der Waals surface area contributed by atoms with Crippen molar-refractivity contribution in [2.45, 2.75) is 45.6 Å². The van der Waals surface area contributed by atoms with Crippen LogP contribution in [0.3, 0.4) is 0 Å². The van der Waals surface area contributed by atoms with Crippen LogP contribution in [0.1, 0.15) is 33.6 Å². The second-order valence-electron chi connectivity index (χ2n) is 4.79. The first kappa shape index (κ1) is 12.1. The third-order valence-electron chi connectivity index (χ3n) is 2.53. The lowest BCUT2D eigenvalue weighted by atomic mass is 9.98. The van der Waals surface area contributed by atoms with E-state index in [1.807, 2.05) is 25.7 Å².